The Bertz CT molecular complexity index is 833. The van der Waals surface area contributed by atoms with Gasteiger partial charge in [-0.2, -0.15) is 5.26 Å². The lowest BCUT2D eigenvalue weighted by Crippen LogP contribution is -2.17. The summed E-state index contributed by atoms with van der Waals surface area (Å²) < 4.78 is 4.77. The zero-order chi connectivity index (χ0) is 14.8. The summed E-state index contributed by atoms with van der Waals surface area (Å²) in [6, 6.07) is 13.3. The van der Waals surface area contributed by atoms with E-state index >= 15 is 0 Å². The Balaban J connectivity index is 1.94. The second kappa shape index (κ2) is 5.13. The zero-order valence-electron chi connectivity index (χ0n) is 11.4. The van der Waals surface area contributed by atoms with Crippen LogP contribution in [0, 0.1) is 11.3 Å². The first kappa shape index (κ1) is 12.9. The average molecular weight is 279 g/mol. The molecule has 3 rings (SSSR count). The predicted octanol–water partition coefficient (Wildman–Crippen LogP) is 2.31. The highest BCUT2D eigenvalue weighted by molar-refractivity contribution is 5.95. The van der Waals surface area contributed by atoms with Crippen molar-refractivity contribution in [2.24, 2.45) is 0 Å². The van der Waals surface area contributed by atoms with Gasteiger partial charge >= 0.3 is 0 Å². The molecule has 0 aliphatic rings. The van der Waals surface area contributed by atoms with Crippen LogP contribution in [0.4, 0.5) is 11.4 Å². The van der Waals surface area contributed by atoms with Crippen molar-refractivity contribution in [2.45, 2.75) is 6.54 Å². The minimum atomic E-state index is 0.537. The van der Waals surface area contributed by atoms with Crippen molar-refractivity contribution in [1.82, 2.24) is 10.3 Å². The number of rotatable bonds is 3. The molecule has 0 radical (unpaired) electrons. The molecule has 0 saturated carbocycles. The van der Waals surface area contributed by atoms with Crippen molar-refractivity contribution in [2.75, 3.05) is 17.7 Å². The maximum atomic E-state index is 8.95. The Hall–Kier alpha value is -3.07. The van der Waals surface area contributed by atoms with Crippen molar-refractivity contribution in [3.8, 4) is 6.07 Å². The highest BCUT2D eigenvalue weighted by Gasteiger charge is 2.13. The van der Waals surface area contributed by atoms with Gasteiger partial charge in [0.25, 0.3) is 0 Å². The third-order valence-electron chi connectivity index (χ3n) is 3.31. The predicted molar refractivity (Wildman–Crippen MR) is 79.5 cm³/mol. The smallest absolute Gasteiger partial charge is 0.160 e. The van der Waals surface area contributed by atoms with Gasteiger partial charge in [0.2, 0.25) is 0 Å². The largest absolute Gasteiger partial charge is 0.397 e. The minimum Gasteiger partial charge on any atom is -0.397 e. The van der Waals surface area contributed by atoms with Crippen molar-refractivity contribution in [3.05, 3.63) is 47.5 Å². The maximum absolute atomic E-state index is 8.95. The maximum Gasteiger partial charge on any atom is 0.160 e. The summed E-state index contributed by atoms with van der Waals surface area (Å²) in [5, 5.41) is 16.7. The number of nitrogens with two attached hydrogens (primary N) is 1. The van der Waals surface area contributed by atoms with E-state index in [4.69, 9.17) is 15.6 Å². The molecule has 0 spiro atoms. The molecular weight excluding hydrogens is 266 g/mol. The number of benzene rings is 2. The normalized spacial score (nSPS) is 10.5. The van der Waals surface area contributed by atoms with Crippen LogP contribution in [-0.2, 0) is 6.54 Å². The number of anilines is 2. The Labute approximate surface area is 121 Å². The molecule has 6 heteroatoms. The van der Waals surface area contributed by atoms with Gasteiger partial charge in [-0.15, -0.1) is 0 Å². The van der Waals surface area contributed by atoms with Crippen LogP contribution < -0.4 is 10.6 Å². The van der Waals surface area contributed by atoms with Gasteiger partial charge in [-0.05, 0) is 40.1 Å². The zero-order valence-corrected chi connectivity index (χ0v) is 11.4. The molecule has 104 valence electrons. The van der Waals surface area contributed by atoms with E-state index in [1.54, 1.807) is 12.1 Å². The molecule has 21 heavy (non-hydrogen) atoms. The Morgan fingerprint density at radius 3 is 2.86 bits per heavy atom. The molecule has 0 saturated heterocycles. The summed E-state index contributed by atoms with van der Waals surface area (Å²) in [4.78, 5) is 2.02. The van der Waals surface area contributed by atoms with Gasteiger partial charge in [0.1, 0.15) is 0 Å². The molecule has 3 aromatic rings. The molecule has 2 aromatic carbocycles. The SMILES string of the molecule is CN(Cc1cccc(C#N)c1)c1ccc(N)c2nonc12. The van der Waals surface area contributed by atoms with Crippen LogP contribution in [0.1, 0.15) is 11.1 Å². The lowest BCUT2D eigenvalue weighted by molar-refractivity contribution is 0.315. The molecule has 0 fully saturated rings. The standard InChI is InChI=1S/C15H13N5O/c1-20(9-11-4-2-3-10(7-11)8-16)13-6-5-12(17)14-15(13)19-21-18-14/h2-7H,9,17H2,1H3. The fourth-order valence-electron chi connectivity index (χ4n) is 2.28. The molecule has 0 atom stereocenters. The summed E-state index contributed by atoms with van der Waals surface area (Å²) in [6.45, 7) is 0.640. The van der Waals surface area contributed by atoms with Gasteiger partial charge in [-0.3, -0.25) is 0 Å². The lowest BCUT2D eigenvalue weighted by atomic mass is 10.1. The fourth-order valence-corrected chi connectivity index (χ4v) is 2.28. The molecule has 0 bridgehead atoms. The van der Waals surface area contributed by atoms with Crippen molar-refractivity contribution >= 4 is 22.4 Å². The average Bonchev–Trinajstić information content (AvgIpc) is 2.98. The molecule has 1 aromatic heterocycles. The molecule has 2 N–H and O–H groups in total. The molecular formula is C15H13N5O. The van der Waals surface area contributed by atoms with Crippen molar-refractivity contribution in [1.29, 1.82) is 5.26 Å². The number of hydrogen-bond acceptors (Lipinski definition) is 6. The Morgan fingerprint density at radius 1 is 1.24 bits per heavy atom. The monoisotopic (exact) mass is 279 g/mol. The molecule has 0 amide bonds. The number of nitrogen functional groups attached to an aromatic ring is 1. The summed E-state index contributed by atoms with van der Waals surface area (Å²) in [7, 11) is 1.94. The molecule has 0 unspecified atom stereocenters. The van der Waals surface area contributed by atoms with Crippen LogP contribution in [0.2, 0.25) is 0 Å². The second-order valence-electron chi connectivity index (χ2n) is 4.80. The number of nitrogens with zero attached hydrogens (tertiary/aromatic N) is 4. The first-order valence-corrected chi connectivity index (χ1v) is 6.40. The Kier molecular flexibility index (Phi) is 3.16. The summed E-state index contributed by atoms with van der Waals surface area (Å²) in [5.74, 6) is 0. The van der Waals surface area contributed by atoms with E-state index in [9.17, 15) is 0 Å². The summed E-state index contributed by atoms with van der Waals surface area (Å²) in [6.07, 6.45) is 0. The minimum absolute atomic E-state index is 0.537. The number of fused-ring (bicyclic) bond motifs is 1. The van der Waals surface area contributed by atoms with Crippen LogP contribution in [0.15, 0.2) is 41.0 Å². The quantitative estimate of drug-likeness (QED) is 0.740. The van der Waals surface area contributed by atoms with Gasteiger partial charge in [0.05, 0.1) is 23.0 Å². The van der Waals surface area contributed by atoms with E-state index in [1.807, 2.05) is 36.2 Å². The van der Waals surface area contributed by atoms with Crippen molar-refractivity contribution < 1.29 is 4.63 Å². The van der Waals surface area contributed by atoms with Crippen LogP contribution in [0.5, 0.6) is 0 Å². The number of nitriles is 1. The number of hydrogen-bond donors (Lipinski definition) is 1. The third kappa shape index (κ3) is 2.37. The first-order valence-electron chi connectivity index (χ1n) is 6.40. The summed E-state index contributed by atoms with van der Waals surface area (Å²) in [5.41, 5.74) is 10.1. The lowest BCUT2D eigenvalue weighted by Gasteiger charge is -2.19. The van der Waals surface area contributed by atoms with E-state index in [-0.39, 0.29) is 0 Å². The van der Waals surface area contributed by atoms with Gasteiger partial charge in [0.15, 0.2) is 11.0 Å². The first-order chi connectivity index (χ1) is 10.2. The second-order valence-corrected chi connectivity index (χ2v) is 4.80. The van der Waals surface area contributed by atoms with E-state index in [0.29, 0.717) is 28.8 Å². The van der Waals surface area contributed by atoms with E-state index in [2.05, 4.69) is 16.4 Å². The molecule has 1 heterocycles. The van der Waals surface area contributed by atoms with Crippen LogP contribution in [0.3, 0.4) is 0 Å². The molecule has 0 aliphatic heterocycles. The third-order valence-corrected chi connectivity index (χ3v) is 3.31. The van der Waals surface area contributed by atoms with E-state index in [1.165, 1.54) is 0 Å². The van der Waals surface area contributed by atoms with Crippen LogP contribution in [-0.4, -0.2) is 17.4 Å². The highest BCUT2D eigenvalue weighted by atomic mass is 16.6. The van der Waals surface area contributed by atoms with Gasteiger partial charge in [-0.25, -0.2) is 4.63 Å². The van der Waals surface area contributed by atoms with E-state index in [0.717, 1.165) is 11.3 Å². The Morgan fingerprint density at radius 2 is 2.05 bits per heavy atom. The van der Waals surface area contributed by atoms with E-state index < -0.39 is 0 Å². The van der Waals surface area contributed by atoms with Crippen molar-refractivity contribution in [3.63, 3.8) is 0 Å². The summed E-state index contributed by atoms with van der Waals surface area (Å²) >= 11 is 0. The van der Waals surface area contributed by atoms with Gasteiger partial charge in [-0.1, -0.05) is 12.1 Å². The fraction of sp³-hybridized carbons (Fsp3) is 0.133. The van der Waals surface area contributed by atoms with Gasteiger partial charge < -0.3 is 10.6 Å². The molecule has 6 nitrogen and oxygen atoms in total. The topological polar surface area (TPSA) is 92.0 Å². The number of aromatic nitrogens is 2. The van der Waals surface area contributed by atoms with Crippen LogP contribution >= 0.6 is 0 Å². The van der Waals surface area contributed by atoms with Gasteiger partial charge in [0, 0.05) is 13.6 Å². The van der Waals surface area contributed by atoms with Crippen LogP contribution in [0.25, 0.3) is 11.0 Å². The molecule has 0 aliphatic carbocycles. The highest BCUT2D eigenvalue weighted by Crippen LogP contribution is 2.28.